The van der Waals surface area contributed by atoms with Gasteiger partial charge in [0.05, 0.1) is 0 Å². The second-order valence-corrected chi connectivity index (χ2v) is 9.79. The lowest BCUT2D eigenvalue weighted by Crippen LogP contribution is -2.17. The fraction of sp³-hybridized carbons (Fsp3) is 0.280. The number of aryl methyl sites for hydroxylation is 2. The molecule has 0 heterocycles. The van der Waals surface area contributed by atoms with Gasteiger partial charge in [0.15, 0.2) is 0 Å². The Morgan fingerprint density at radius 1 is 0.857 bits per heavy atom. The summed E-state index contributed by atoms with van der Waals surface area (Å²) in [6, 6.07) is 21.1. The van der Waals surface area contributed by atoms with Gasteiger partial charge in [-0.05, 0) is 53.9 Å². The van der Waals surface area contributed by atoms with E-state index in [0.717, 1.165) is 23.1 Å². The first-order valence-corrected chi connectivity index (χ1v) is 10.7. The van der Waals surface area contributed by atoms with Crippen molar-refractivity contribution in [3.63, 3.8) is 0 Å². The van der Waals surface area contributed by atoms with Crippen molar-refractivity contribution in [2.75, 3.05) is 5.32 Å². The Kier molecular flexibility index (Phi) is 6.10. The average molecular weight is 391 g/mol. The van der Waals surface area contributed by atoms with Crippen molar-refractivity contribution in [2.24, 2.45) is 0 Å². The molecular weight excluding hydrogens is 361 g/mol. The molecule has 146 valence electrons. The van der Waals surface area contributed by atoms with Crippen molar-refractivity contribution in [2.45, 2.75) is 46.6 Å². The molecule has 0 aliphatic rings. The third-order valence-electron chi connectivity index (χ3n) is 4.85. The molecule has 0 amide bonds. The Hall–Kier alpha value is -2.31. The third kappa shape index (κ3) is 4.94. The number of rotatable bonds is 5. The number of benzene rings is 3. The quantitative estimate of drug-likeness (QED) is 0.559. The molecule has 0 radical (unpaired) electrons. The molecule has 3 rings (SSSR count). The maximum Gasteiger partial charge on any atom is 0.127 e. The molecule has 2 nitrogen and oxygen atoms in total. The Balaban J connectivity index is 1.92. The van der Waals surface area contributed by atoms with Crippen LogP contribution in [-0.2, 0) is 12.0 Å². The van der Waals surface area contributed by atoms with Gasteiger partial charge in [0.1, 0.15) is 5.75 Å². The number of aromatic hydroxyl groups is 1. The van der Waals surface area contributed by atoms with Gasteiger partial charge in [0.25, 0.3) is 0 Å². The van der Waals surface area contributed by atoms with Crippen LogP contribution >= 0.6 is 8.58 Å². The molecule has 0 aliphatic heterocycles. The maximum atomic E-state index is 11.0. The fourth-order valence-corrected chi connectivity index (χ4v) is 4.67. The van der Waals surface area contributed by atoms with Crippen LogP contribution in [-0.4, -0.2) is 5.11 Å². The zero-order chi connectivity index (χ0) is 20.3. The summed E-state index contributed by atoms with van der Waals surface area (Å²) in [5, 5.41) is 16.8. The Morgan fingerprint density at radius 2 is 1.57 bits per heavy atom. The summed E-state index contributed by atoms with van der Waals surface area (Å²) >= 11 is 0. The number of anilines is 1. The molecule has 28 heavy (non-hydrogen) atoms. The van der Waals surface area contributed by atoms with E-state index >= 15 is 0 Å². The average Bonchev–Trinajstić information content (AvgIpc) is 2.64. The van der Waals surface area contributed by atoms with E-state index in [1.165, 1.54) is 22.0 Å². The number of phenols is 1. The smallest absolute Gasteiger partial charge is 0.127 e. The van der Waals surface area contributed by atoms with Gasteiger partial charge in [0, 0.05) is 23.1 Å². The van der Waals surface area contributed by atoms with E-state index in [0.29, 0.717) is 14.3 Å². The number of para-hydroxylation sites is 1. The minimum Gasteiger partial charge on any atom is -0.507 e. The predicted molar refractivity (Wildman–Crippen MR) is 124 cm³/mol. The second kappa shape index (κ2) is 8.37. The van der Waals surface area contributed by atoms with Gasteiger partial charge in [-0.15, -0.1) is 0 Å². The molecule has 2 N–H and O–H groups in total. The Labute approximate surface area is 170 Å². The van der Waals surface area contributed by atoms with Crippen molar-refractivity contribution in [1.29, 1.82) is 0 Å². The molecule has 0 aromatic heterocycles. The van der Waals surface area contributed by atoms with Gasteiger partial charge in [-0.2, -0.15) is 0 Å². The number of phenolic OH excluding ortho intramolecular Hbond substituents is 1. The van der Waals surface area contributed by atoms with Crippen molar-refractivity contribution in [3.05, 3.63) is 82.9 Å². The van der Waals surface area contributed by atoms with Crippen LogP contribution in [0.25, 0.3) is 0 Å². The van der Waals surface area contributed by atoms with E-state index in [4.69, 9.17) is 0 Å². The van der Waals surface area contributed by atoms with E-state index < -0.39 is 0 Å². The molecule has 0 bridgehead atoms. The Bertz CT molecular complexity index is 958. The first-order chi connectivity index (χ1) is 13.2. The van der Waals surface area contributed by atoms with Gasteiger partial charge >= 0.3 is 0 Å². The topological polar surface area (TPSA) is 32.3 Å². The molecule has 0 spiro atoms. The summed E-state index contributed by atoms with van der Waals surface area (Å²) in [4.78, 5) is 0. The maximum absolute atomic E-state index is 11.0. The van der Waals surface area contributed by atoms with Crippen molar-refractivity contribution in [3.8, 4) is 5.75 Å². The van der Waals surface area contributed by atoms with Gasteiger partial charge in [-0.3, -0.25) is 0 Å². The molecule has 1 unspecified atom stereocenters. The lowest BCUT2D eigenvalue weighted by atomic mass is 9.85. The highest BCUT2D eigenvalue weighted by Crippen LogP contribution is 2.33. The van der Waals surface area contributed by atoms with Gasteiger partial charge in [-0.1, -0.05) is 77.4 Å². The first-order valence-electron chi connectivity index (χ1n) is 9.73. The van der Waals surface area contributed by atoms with Crippen molar-refractivity contribution >= 4 is 24.9 Å². The minimum atomic E-state index is -0.0830. The molecule has 0 saturated heterocycles. The molecule has 3 aromatic rings. The zero-order valence-corrected chi connectivity index (χ0v) is 18.4. The minimum absolute atomic E-state index is 0.0830. The molecule has 3 aromatic carbocycles. The monoisotopic (exact) mass is 391 g/mol. The van der Waals surface area contributed by atoms with E-state index in [1.54, 1.807) is 0 Å². The van der Waals surface area contributed by atoms with E-state index in [9.17, 15) is 5.11 Å². The largest absolute Gasteiger partial charge is 0.507 e. The molecule has 1 atom stereocenters. The summed E-state index contributed by atoms with van der Waals surface area (Å²) in [6.45, 7) is 11.4. The lowest BCUT2D eigenvalue weighted by Gasteiger charge is -2.23. The summed E-state index contributed by atoms with van der Waals surface area (Å²) in [5.74, 6) is 0.443. The number of hydrogen-bond donors (Lipinski definition) is 2. The zero-order valence-electron chi connectivity index (χ0n) is 17.4. The van der Waals surface area contributed by atoms with Gasteiger partial charge in [0.2, 0.25) is 0 Å². The first kappa shape index (κ1) is 20.4. The van der Waals surface area contributed by atoms with Gasteiger partial charge < -0.3 is 10.4 Å². The van der Waals surface area contributed by atoms with Gasteiger partial charge in [-0.25, -0.2) is 0 Å². The number of hydrogen-bond acceptors (Lipinski definition) is 2. The van der Waals surface area contributed by atoms with Crippen LogP contribution < -0.4 is 15.9 Å². The standard InChI is InChI=1S/C25H30NOP/c1-17-11-12-22(19(13-17)16-26-20-9-7-6-8-10-20)28-23-15-18(2)14-21(24(23)27)25(3,4)5/h6-15,26-28H,16H2,1-5H3. The van der Waals surface area contributed by atoms with E-state index in [2.05, 4.69) is 82.4 Å². The van der Waals surface area contributed by atoms with Crippen LogP contribution in [0.3, 0.4) is 0 Å². The number of nitrogens with one attached hydrogen (secondary N) is 1. The third-order valence-corrected chi connectivity index (χ3v) is 6.26. The summed E-state index contributed by atoms with van der Waals surface area (Å²) in [6.07, 6.45) is 0. The van der Waals surface area contributed by atoms with Crippen molar-refractivity contribution in [1.82, 2.24) is 0 Å². The van der Waals surface area contributed by atoms with Crippen LogP contribution in [0.1, 0.15) is 43.0 Å². The molecule has 0 fully saturated rings. The normalized spacial score (nSPS) is 11.9. The van der Waals surface area contributed by atoms with Crippen LogP contribution in [0.4, 0.5) is 5.69 Å². The SMILES string of the molecule is Cc1ccc(Pc2cc(C)cc(C(C)(C)C)c2O)c(CNc2ccccc2)c1. The summed E-state index contributed by atoms with van der Waals surface area (Å²) in [5.41, 5.74) is 5.78. The fourth-order valence-electron chi connectivity index (χ4n) is 3.33. The van der Waals surface area contributed by atoms with E-state index in [-0.39, 0.29) is 5.41 Å². The van der Waals surface area contributed by atoms with Crippen LogP contribution in [0.15, 0.2) is 60.7 Å². The highest BCUT2D eigenvalue weighted by Gasteiger charge is 2.21. The summed E-state index contributed by atoms with van der Waals surface area (Å²) < 4.78 is 0. The van der Waals surface area contributed by atoms with Crippen molar-refractivity contribution < 1.29 is 5.11 Å². The van der Waals surface area contributed by atoms with Crippen LogP contribution in [0.2, 0.25) is 0 Å². The highest BCUT2D eigenvalue weighted by molar-refractivity contribution is 7.55. The molecule has 3 heteroatoms. The molecular formula is C25H30NOP. The second-order valence-electron chi connectivity index (χ2n) is 8.46. The van der Waals surface area contributed by atoms with Crippen LogP contribution in [0.5, 0.6) is 5.75 Å². The summed E-state index contributed by atoms with van der Waals surface area (Å²) in [7, 11) is 0.420. The predicted octanol–water partition coefficient (Wildman–Crippen LogP) is 5.55. The molecule has 0 saturated carbocycles. The Morgan fingerprint density at radius 3 is 2.25 bits per heavy atom. The highest BCUT2D eigenvalue weighted by atomic mass is 31.1. The van der Waals surface area contributed by atoms with Crippen LogP contribution in [0, 0.1) is 13.8 Å². The molecule has 0 aliphatic carbocycles. The lowest BCUT2D eigenvalue weighted by molar-refractivity contribution is 0.450. The van der Waals surface area contributed by atoms with E-state index in [1.807, 2.05) is 18.2 Å².